The lowest BCUT2D eigenvalue weighted by molar-refractivity contribution is 0.0943. The summed E-state index contributed by atoms with van der Waals surface area (Å²) in [6.07, 6.45) is 3.32. The minimum Gasteiger partial charge on any atom is -0.497 e. The number of hydrogen-bond donors (Lipinski definition) is 1. The van der Waals surface area contributed by atoms with Crippen LogP contribution in [-0.2, 0) is 0 Å². The summed E-state index contributed by atoms with van der Waals surface area (Å²) in [5.41, 5.74) is 1.78. The Morgan fingerprint density at radius 1 is 1.17 bits per heavy atom. The van der Waals surface area contributed by atoms with E-state index in [9.17, 15) is 4.79 Å². The van der Waals surface area contributed by atoms with Crippen molar-refractivity contribution in [2.45, 2.75) is 13.0 Å². The summed E-state index contributed by atoms with van der Waals surface area (Å²) >= 11 is 1.36. The maximum atomic E-state index is 12.4. The standard InChI is InChI=1S/C18H17N3O2S/c1-12(15-5-3-4-10-19-15)21-17(22)16-11-20-18(24-16)13-6-8-14(23-2)9-7-13/h3-12H,1-2H3,(H,21,22)/t12-/m0/s1. The van der Waals surface area contributed by atoms with E-state index in [1.165, 1.54) is 11.3 Å². The first-order chi connectivity index (χ1) is 11.7. The molecule has 1 amide bonds. The Kier molecular flexibility index (Phi) is 4.86. The summed E-state index contributed by atoms with van der Waals surface area (Å²) < 4.78 is 5.15. The Labute approximate surface area is 144 Å². The van der Waals surface area contributed by atoms with Crippen molar-refractivity contribution in [3.8, 4) is 16.3 Å². The largest absolute Gasteiger partial charge is 0.497 e. The number of pyridine rings is 1. The van der Waals surface area contributed by atoms with Crippen LogP contribution in [0.1, 0.15) is 28.3 Å². The van der Waals surface area contributed by atoms with Crippen molar-refractivity contribution in [3.63, 3.8) is 0 Å². The number of methoxy groups -OCH3 is 1. The van der Waals surface area contributed by atoms with Crippen LogP contribution in [0.2, 0.25) is 0 Å². The minimum atomic E-state index is -0.162. The molecule has 1 N–H and O–H groups in total. The van der Waals surface area contributed by atoms with Gasteiger partial charge in [0.05, 0.1) is 25.0 Å². The molecule has 5 nitrogen and oxygen atoms in total. The van der Waals surface area contributed by atoms with Crippen molar-refractivity contribution in [1.82, 2.24) is 15.3 Å². The summed E-state index contributed by atoms with van der Waals surface area (Å²) in [7, 11) is 1.63. The minimum absolute atomic E-state index is 0.148. The number of ether oxygens (including phenoxy) is 1. The maximum absolute atomic E-state index is 12.4. The van der Waals surface area contributed by atoms with Gasteiger partial charge in [-0.1, -0.05) is 6.07 Å². The van der Waals surface area contributed by atoms with Gasteiger partial charge in [0.25, 0.3) is 5.91 Å². The summed E-state index contributed by atoms with van der Waals surface area (Å²) in [5, 5.41) is 3.74. The summed E-state index contributed by atoms with van der Waals surface area (Å²) in [6.45, 7) is 1.91. The zero-order chi connectivity index (χ0) is 16.9. The predicted molar refractivity (Wildman–Crippen MR) is 94.2 cm³/mol. The lowest BCUT2D eigenvalue weighted by Crippen LogP contribution is -2.26. The highest BCUT2D eigenvalue weighted by Crippen LogP contribution is 2.27. The highest BCUT2D eigenvalue weighted by Gasteiger charge is 2.15. The van der Waals surface area contributed by atoms with Crippen LogP contribution in [-0.4, -0.2) is 23.0 Å². The molecule has 0 aliphatic rings. The SMILES string of the molecule is COc1ccc(-c2ncc(C(=O)N[C@@H](C)c3ccccn3)s2)cc1. The van der Waals surface area contributed by atoms with Crippen molar-refractivity contribution in [3.05, 3.63) is 65.4 Å². The van der Waals surface area contributed by atoms with E-state index >= 15 is 0 Å². The van der Waals surface area contributed by atoms with Gasteiger partial charge in [-0.05, 0) is 43.3 Å². The van der Waals surface area contributed by atoms with Crippen LogP contribution in [0.5, 0.6) is 5.75 Å². The van der Waals surface area contributed by atoms with E-state index in [-0.39, 0.29) is 11.9 Å². The Bertz CT molecular complexity index is 816. The number of thiazole rings is 1. The molecule has 0 saturated carbocycles. The molecule has 24 heavy (non-hydrogen) atoms. The molecule has 0 bridgehead atoms. The lowest BCUT2D eigenvalue weighted by atomic mass is 10.2. The zero-order valence-electron chi connectivity index (χ0n) is 13.4. The third-order valence-electron chi connectivity index (χ3n) is 3.55. The van der Waals surface area contributed by atoms with Gasteiger partial charge < -0.3 is 10.1 Å². The molecule has 0 spiro atoms. The zero-order valence-corrected chi connectivity index (χ0v) is 14.2. The van der Waals surface area contributed by atoms with Gasteiger partial charge in [0, 0.05) is 11.8 Å². The second-order valence-corrected chi connectivity index (χ2v) is 6.24. The molecule has 0 radical (unpaired) electrons. The molecule has 1 aromatic carbocycles. The van der Waals surface area contributed by atoms with Gasteiger partial charge in [0.15, 0.2) is 0 Å². The maximum Gasteiger partial charge on any atom is 0.263 e. The number of rotatable bonds is 5. The number of hydrogen-bond acceptors (Lipinski definition) is 5. The molecule has 0 unspecified atom stereocenters. The van der Waals surface area contributed by atoms with E-state index in [4.69, 9.17) is 4.74 Å². The van der Waals surface area contributed by atoms with Crippen LogP contribution in [0.25, 0.3) is 10.6 Å². The van der Waals surface area contributed by atoms with Crippen LogP contribution < -0.4 is 10.1 Å². The quantitative estimate of drug-likeness (QED) is 0.770. The van der Waals surface area contributed by atoms with E-state index in [1.54, 1.807) is 19.5 Å². The highest BCUT2D eigenvalue weighted by molar-refractivity contribution is 7.16. The second-order valence-electron chi connectivity index (χ2n) is 5.21. The predicted octanol–water partition coefficient (Wildman–Crippen LogP) is 3.70. The normalized spacial score (nSPS) is 11.8. The van der Waals surface area contributed by atoms with Gasteiger partial charge >= 0.3 is 0 Å². The fourth-order valence-electron chi connectivity index (χ4n) is 2.22. The third-order valence-corrected chi connectivity index (χ3v) is 4.59. The van der Waals surface area contributed by atoms with E-state index in [1.807, 2.05) is 49.4 Å². The lowest BCUT2D eigenvalue weighted by Gasteiger charge is -2.11. The number of carbonyl (C=O) groups excluding carboxylic acids is 1. The fraction of sp³-hybridized carbons (Fsp3) is 0.167. The molecule has 6 heteroatoms. The fourth-order valence-corrected chi connectivity index (χ4v) is 3.04. The Balaban J connectivity index is 1.71. The molecular formula is C18H17N3O2S. The van der Waals surface area contributed by atoms with E-state index in [0.29, 0.717) is 4.88 Å². The number of aromatic nitrogens is 2. The molecule has 0 fully saturated rings. The topological polar surface area (TPSA) is 64.1 Å². The van der Waals surface area contributed by atoms with E-state index < -0.39 is 0 Å². The van der Waals surface area contributed by atoms with Crippen molar-refractivity contribution in [2.24, 2.45) is 0 Å². The van der Waals surface area contributed by atoms with E-state index in [2.05, 4.69) is 15.3 Å². The smallest absolute Gasteiger partial charge is 0.263 e. The highest BCUT2D eigenvalue weighted by atomic mass is 32.1. The molecule has 0 aliphatic heterocycles. The molecule has 2 aromatic heterocycles. The molecule has 3 aromatic rings. The Morgan fingerprint density at radius 3 is 2.62 bits per heavy atom. The molecule has 1 atom stereocenters. The molecule has 0 saturated heterocycles. The summed E-state index contributed by atoms with van der Waals surface area (Å²) in [4.78, 5) is 21.6. The van der Waals surface area contributed by atoms with Gasteiger partial charge in [-0.15, -0.1) is 11.3 Å². The second kappa shape index (κ2) is 7.23. The number of amides is 1. The average Bonchev–Trinajstić information content (AvgIpc) is 3.13. The summed E-state index contributed by atoms with van der Waals surface area (Å²) in [6, 6.07) is 13.1. The van der Waals surface area contributed by atoms with Crippen LogP contribution in [0.3, 0.4) is 0 Å². The first kappa shape index (κ1) is 16.1. The Hall–Kier alpha value is -2.73. The molecule has 3 rings (SSSR count). The Morgan fingerprint density at radius 2 is 1.96 bits per heavy atom. The monoisotopic (exact) mass is 339 g/mol. The third kappa shape index (κ3) is 3.60. The molecular weight excluding hydrogens is 322 g/mol. The van der Waals surface area contributed by atoms with Crippen LogP contribution in [0.4, 0.5) is 0 Å². The van der Waals surface area contributed by atoms with Crippen LogP contribution in [0.15, 0.2) is 54.9 Å². The first-order valence-corrected chi connectivity index (χ1v) is 8.31. The molecule has 122 valence electrons. The van der Waals surface area contributed by atoms with Gasteiger partial charge in [-0.3, -0.25) is 9.78 Å². The van der Waals surface area contributed by atoms with Crippen molar-refractivity contribution in [1.29, 1.82) is 0 Å². The number of nitrogens with one attached hydrogen (secondary N) is 1. The van der Waals surface area contributed by atoms with Gasteiger partial charge in [0.2, 0.25) is 0 Å². The summed E-state index contributed by atoms with van der Waals surface area (Å²) in [5.74, 6) is 0.642. The molecule has 0 aliphatic carbocycles. The van der Waals surface area contributed by atoms with Gasteiger partial charge in [-0.25, -0.2) is 4.98 Å². The van der Waals surface area contributed by atoms with Crippen LogP contribution >= 0.6 is 11.3 Å². The average molecular weight is 339 g/mol. The number of nitrogens with zero attached hydrogens (tertiary/aromatic N) is 2. The van der Waals surface area contributed by atoms with E-state index in [0.717, 1.165) is 22.0 Å². The number of carbonyl (C=O) groups is 1. The van der Waals surface area contributed by atoms with Crippen LogP contribution in [0, 0.1) is 0 Å². The van der Waals surface area contributed by atoms with Gasteiger partial charge in [0.1, 0.15) is 15.6 Å². The molecule has 2 heterocycles. The van der Waals surface area contributed by atoms with Gasteiger partial charge in [-0.2, -0.15) is 0 Å². The number of benzene rings is 1. The van der Waals surface area contributed by atoms with Crippen molar-refractivity contribution < 1.29 is 9.53 Å². The van der Waals surface area contributed by atoms with Crippen molar-refractivity contribution >= 4 is 17.2 Å². The first-order valence-electron chi connectivity index (χ1n) is 7.49. The van der Waals surface area contributed by atoms with Crippen molar-refractivity contribution in [2.75, 3.05) is 7.11 Å².